The van der Waals surface area contributed by atoms with Gasteiger partial charge in [-0.15, -0.1) is 0 Å². The van der Waals surface area contributed by atoms with Crippen LogP contribution in [0.2, 0.25) is 0 Å². The Hall–Kier alpha value is -4.25. The maximum atomic E-state index is 15.3. The minimum atomic E-state index is -4.29. The van der Waals surface area contributed by atoms with Gasteiger partial charge in [-0.3, -0.25) is 19.2 Å². The number of carbonyl (C=O) groups excluding carboxylic acids is 2. The first-order valence-electron chi connectivity index (χ1n) is 16.7. The van der Waals surface area contributed by atoms with Gasteiger partial charge in [-0.1, -0.05) is 42.8 Å². The molecule has 2 saturated heterocycles. The van der Waals surface area contributed by atoms with E-state index in [4.69, 9.17) is 0 Å². The van der Waals surface area contributed by atoms with Crippen LogP contribution < -0.4 is 5.32 Å². The Morgan fingerprint density at radius 3 is 2.54 bits per heavy atom. The van der Waals surface area contributed by atoms with Gasteiger partial charge < -0.3 is 10.2 Å². The maximum absolute atomic E-state index is 15.3. The monoisotopic (exact) mass is 661 g/mol. The van der Waals surface area contributed by atoms with Crippen LogP contribution in [0.1, 0.15) is 71.6 Å². The number of fused-ring (bicyclic) bond motifs is 2. The molecule has 3 aliphatic rings. The van der Waals surface area contributed by atoms with Gasteiger partial charge in [0, 0.05) is 30.7 Å². The summed E-state index contributed by atoms with van der Waals surface area (Å²) in [6.07, 6.45) is 1.07. The zero-order chi connectivity index (χ0) is 33.7. The number of hydrogen-bond acceptors (Lipinski definition) is 4. The molecule has 48 heavy (non-hydrogen) atoms. The summed E-state index contributed by atoms with van der Waals surface area (Å²) < 4.78 is 58.0. The predicted octanol–water partition coefficient (Wildman–Crippen LogP) is 7.56. The first kappa shape index (κ1) is 32.3. The zero-order valence-electron chi connectivity index (χ0n) is 27.0. The van der Waals surface area contributed by atoms with Gasteiger partial charge in [0.05, 0.1) is 29.2 Å². The smallest absolute Gasteiger partial charge is 0.327 e. The molecule has 0 spiro atoms. The number of nitrogens with one attached hydrogen (secondary N) is 1. The molecule has 11 heteroatoms. The van der Waals surface area contributed by atoms with Crippen molar-refractivity contribution in [3.8, 4) is 0 Å². The minimum Gasteiger partial charge on any atom is -0.327 e. The van der Waals surface area contributed by atoms with E-state index < -0.39 is 35.9 Å². The number of benzene rings is 3. The number of aryl methyl sites for hydroxylation is 2. The summed E-state index contributed by atoms with van der Waals surface area (Å²) in [6, 6.07) is 15.0. The van der Waals surface area contributed by atoms with Crippen molar-refractivity contribution in [3.63, 3.8) is 0 Å². The number of nitrogens with zero attached hydrogens (tertiary/aromatic N) is 4. The second-order valence-electron chi connectivity index (χ2n) is 13.6. The molecule has 0 bridgehead atoms. The number of alkyl halides is 3. The van der Waals surface area contributed by atoms with Crippen molar-refractivity contribution in [1.82, 2.24) is 19.6 Å². The molecule has 7 rings (SSSR count). The van der Waals surface area contributed by atoms with Crippen LogP contribution in [0.5, 0.6) is 0 Å². The summed E-state index contributed by atoms with van der Waals surface area (Å²) in [4.78, 5) is 32.0. The molecular formula is C37H39F4N5O2. The van der Waals surface area contributed by atoms with Gasteiger partial charge >= 0.3 is 6.18 Å². The van der Waals surface area contributed by atoms with Gasteiger partial charge in [0.15, 0.2) is 0 Å². The summed E-state index contributed by atoms with van der Waals surface area (Å²) in [5.41, 5.74) is 3.46. The Labute approximate surface area is 276 Å². The van der Waals surface area contributed by atoms with Crippen LogP contribution in [0.3, 0.4) is 0 Å². The lowest BCUT2D eigenvalue weighted by Crippen LogP contribution is -2.54. The normalized spacial score (nSPS) is 24.6. The topological polar surface area (TPSA) is 70.5 Å². The van der Waals surface area contributed by atoms with E-state index in [1.807, 2.05) is 37.4 Å². The number of piperidine rings is 1. The zero-order valence-corrected chi connectivity index (χ0v) is 27.0. The van der Waals surface area contributed by atoms with Crippen LogP contribution >= 0.6 is 0 Å². The number of carbonyl (C=O) groups is 2. The van der Waals surface area contributed by atoms with Crippen LogP contribution in [0.4, 0.5) is 23.2 Å². The highest BCUT2D eigenvalue weighted by atomic mass is 19.4. The van der Waals surface area contributed by atoms with Crippen LogP contribution in [0, 0.1) is 24.6 Å². The average Bonchev–Trinajstić information content (AvgIpc) is 3.80. The number of hydrogen-bond donors (Lipinski definition) is 1. The van der Waals surface area contributed by atoms with E-state index in [0.717, 1.165) is 35.7 Å². The largest absolute Gasteiger partial charge is 0.404 e. The average molecular weight is 662 g/mol. The second-order valence-corrected chi connectivity index (χ2v) is 13.6. The molecular weight excluding hydrogens is 622 g/mol. The Balaban J connectivity index is 1.25. The molecule has 0 radical (unpaired) electrons. The number of likely N-dealkylation sites (tertiary alicyclic amines) is 2. The lowest BCUT2D eigenvalue weighted by atomic mass is 9.76. The molecule has 2 amide bonds. The fourth-order valence-electron chi connectivity index (χ4n) is 8.38. The maximum Gasteiger partial charge on any atom is 0.404 e. The second kappa shape index (κ2) is 12.7. The summed E-state index contributed by atoms with van der Waals surface area (Å²) >= 11 is 0. The van der Waals surface area contributed by atoms with Gasteiger partial charge in [0.2, 0.25) is 5.91 Å². The van der Waals surface area contributed by atoms with Crippen LogP contribution in [0.25, 0.3) is 10.9 Å². The quantitative estimate of drug-likeness (QED) is 0.217. The SMILES string of the molecule is Cc1cccc(F)c1C(=O)N1[C@@H]2CCC[C@@H]2C[C@H](C(=O)Nc2ccc3c(cnn3C)c2)[C@@H]1c1ccc(CN2CCC[C@@H]2C(F)(F)F)cc1. The van der Waals surface area contributed by atoms with Crippen molar-refractivity contribution in [2.24, 2.45) is 18.9 Å². The Bertz CT molecular complexity index is 1820. The molecule has 1 aromatic heterocycles. The van der Waals surface area contributed by atoms with Gasteiger partial charge in [-0.2, -0.15) is 18.3 Å². The molecule has 1 aliphatic carbocycles. The molecule has 5 atom stereocenters. The Morgan fingerprint density at radius 1 is 1.00 bits per heavy atom. The summed E-state index contributed by atoms with van der Waals surface area (Å²) in [5.74, 6) is -1.88. The van der Waals surface area contributed by atoms with E-state index in [0.29, 0.717) is 36.2 Å². The standard InChI is InChI=1S/C37H39F4N5O2/c1-22-6-3-8-29(38)33(22)36(48)46-31-9-4-7-25(31)19-28(35(47)43-27-15-16-30-26(18-27)20-42-44(30)2)34(46)24-13-11-23(12-14-24)21-45-17-5-10-32(45)37(39,40)41/h3,6,8,11-16,18,20,25,28,31-32,34H,4-5,7,9-10,17,19,21H2,1-2H3,(H,43,47)/t25-,28+,31-,32-,34+/m1/s1. The number of rotatable bonds is 6. The molecule has 2 aliphatic heterocycles. The summed E-state index contributed by atoms with van der Waals surface area (Å²) in [6.45, 7) is 2.23. The fraction of sp³-hybridized carbons (Fsp3) is 0.432. The van der Waals surface area contributed by atoms with Crippen molar-refractivity contribution < 1.29 is 27.2 Å². The van der Waals surface area contributed by atoms with Gasteiger partial charge in [-0.25, -0.2) is 4.39 Å². The number of halogens is 4. The van der Waals surface area contributed by atoms with Crippen LogP contribution in [0.15, 0.2) is 66.9 Å². The Morgan fingerprint density at radius 2 is 1.79 bits per heavy atom. The third-order valence-corrected chi connectivity index (χ3v) is 10.7. The lowest BCUT2D eigenvalue weighted by Gasteiger charge is -2.48. The van der Waals surface area contributed by atoms with E-state index in [9.17, 15) is 22.8 Å². The minimum absolute atomic E-state index is 0.0000772. The van der Waals surface area contributed by atoms with Crippen molar-refractivity contribution in [3.05, 3.63) is 94.9 Å². The highest BCUT2D eigenvalue weighted by Crippen LogP contribution is 2.49. The fourth-order valence-corrected chi connectivity index (χ4v) is 8.38. The molecule has 3 fully saturated rings. The third kappa shape index (κ3) is 5.97. The summed E-state index contributed by atoms with van der Waals surface area (Å²) in [7, 11) is 1.85. The van der Waals surface area contributed by atoms with Crippen molar-refractivity contribution in [2.45, 2.75) is 76.3 Å². The molecule has 0 unspecified atom stereocenters. The Kier molecular flexibility index (Phi) is 8.51. The van der Waals surface area contributed by atoms with E-state index in [2.05, 4.69) is 10.4 Å². The van der Waals surface area contributed by atoms with E-state index in [1.54, 1.807) is 47.0 Å². The highest BCUT2D eigenvalue weighted by molar-refractivity contribution is 5.99. The van der Waals surface area contributed by atoms with Gasteiger partial charge in [0.1, 0.15) is 11.9 Å². The van der Waals surface area contributed by atoms with Gasteiger partial charge in [-0.05, 0) is 92.4 Å². The number of amides is 2. The first-order chi connectivity index (χ1) is 23.0. The number of anilines is 1. The van der Waals surface area contributed by atoms with Crippen molar-refractivity contribution >= 4 is 28.4 Å². The molecule has 1 N–H and O–H groups in total. The van der Waals surface area contributed by atoms with E-state index >= 15 is 4.39 Å². The van der Waals surface area contributed by atoms with E-state index in [-0.39, 0.29) is 36.4 Å². The lowest BCUT2D eigenvalue weighted by molar-refractivity contribution is -0.177. The molecule has 1 saturated carbocycles. The van der Waals surface area contributed by atoms with Crippen LogP contribution in [-0.2, 0) is 18.4 Å². The van der Waals surface area contributed by atoms with Crippen molar-refractivity contribution in [1.29, 1.82) is 0 Å². The summed E-state index contributed by atoms with van der Waals surface area (Å²) in [5, 5.41) is 8.26. The van der Waals surface area contributed by atoms with Crippen molar-refractivity contribution in [2.75, 3.05) is 11.9 Å². The molecule has 3 heterocycles. The molecule has 7 nitrogen and oxygen atoms in total. The number of aromatic nitrogens is 2. The third-order valence-electron chi connectivity index (χ3n) is 10.7. The first-order valence-corrected chi connectivity index (χ1v) is 16.7. The van der Waals surface area contributed by atoms with Gasteiger partial charge in [0.25, 0.3) is 5.91 Å². The van der Waals surface area contributed by atoms with Crippen LogP contribution in [-0.4, -0.2) is 56.2 Å². The molecule has 252 valence electrons. The molecule has 4 aromatic rings. The highest BCUT2D eigenvalue weighted by Gasteiger charge is 2.50. The molecule has 3 aromatic carbocycles. The van der Waals surface area contributed by atoms with E-state index in [1.165, 1.54) is 11.0 Å². The predicted molar refractivity (Wildman–Crippen MR) is 175 cm³/mol.